The van der Waals surface area contributed by atoms with Crippen molar-refractivity contribution >= 4 is 17.4 Å². The highest BCUT2D eigenvalue weighted by molar-refractivity contribution is 6.35. The molecule has 3 heterocycles. The number of aryl methyl sites for hydroxylation is 1. The van der Waals surface area contributed by atoms with Gasteiger partial charge in [-0.05, 0) is 44.0 Å². The van der Waals surface area contributed by atoms with Gasteiger partial charge in [0, 0.05) is 13.1 Å². The van der Waals surface area contributed by atoms with Crippen molar-refractivity contribution in [3.8, 4) is 11.5 Å². The molecular formula is C25H26N2O5. The van der Waals surface area contributed by atoms with Gasteiger partial charge in [0.25, 0.3) is 11.8 Å². The Morgan fingerprint density at radius 3 is 2.31 bits per heavy atom. The molecule has 0 saturated carbocycles. The summed E-state index contributed by atoms with van der Waals surface area (Å²) in [5.41, 5.74) is 3.57. The lowest BCUT2D eigenvalue weighted by Crippen LogP contribution is -2.46. The van der Waals surface area contributed by atoms with Crippen LogP contribution in [0.2, 0.25) is 0 Å². The molecule has 0 spiro atoms. The zero-order valence-electron chi connectivity index (χ0n) is 18.5. The van der Waals surface area contributed by atoms with Crippen molar-refractivity contribution in [3.63, 3.8) is 0 Å². The summed E-state index contributed by atoms with van der Waals surface area (Å²) in [6.45, 7) is 7.44. The van der Waals surface area contributed by atoms with Crippen molar-refractivity contribution in [3.05, 3.63) is 64.9 Å². The second kappa shape index (κ2) is 7.98. The number of ether oxygens (including phenoxy) is 3. The van der Waals surface area contributed by atoms with Gasteiger partial charge in [0.05, 0.1) is 24.3 Å². The van der Waals surface area contributed by atoms with Crippen molar-refractivity contribution in [2.45, 2.75) is 39.5 Å². The predicted octanol–water partition coefficient (Wildman–Crippen LogP) is 3.11. The van der Waals surface area contributed by atoms with E-state index < -0.39 is 0 Å². The molecule has 5 rings (SSSR count). The van der Waals surface area contributed by atoms with E-state index in [1.54, 1.807) is 0 Å². The van der Waals surface area contributed by atoms with E-state index in [2.05, 4.69) is 0 Å². The first kappa shape index (κ1) is 20.6. The first-order chi connectivity index (χ1) is 15.4. The summed E-state index contributed by atoms with van der Waals surface area (Å²) in [4.78, 5) is 30.5. The number of imide groups is 1. The molecule has 32 heavy (non-hydrogen) atoms. The molecule has 7 nitrogen and oxygen atoms in total. The molecule has 3 aliphatic heterocycles. The van der Waals surface area contributed by atoms with Gasteiger partial charge in [-0.25, -0.2) is 0 Å². The van der Waals surface area contributed by atoms with E-state index in [0.29, 0.717) is 35.9 Å². The van der Waals surface area contributed by atoms with Crippen LogP contribution < -0.4 is 9.47 Å². The van der Waals surface area contributed by atoms with E-state index >= 15 is 0 Å². The van der Waals surface area contributed by atoms with E-state index in [-0.39, 0.29) is 37.4 Å². The summed E-state index contributed by atoms with van der Waals surface area (Å²) >= 11 is 0. The van der Waals surface area contributed by atoms with E-state index in [9.17, 15) is 9.59 Å². The Kier molecular flexibility index (Phi) is 5.13. The number of amides is 2. The van der Waals surface area contributed by atoms with Crippen molar-refractivity contribution in [1.82, 2.24) is 9.80 Å². The Bertz CT molecular complexity index is 1100. The Balaban J connectivity index is 1.51. The molecule has 166 valence electrons. The van der Waals surface area contributed by atoms with Crippen molar-refractivity contribution in [2.24, 2.45) is 0 Å². The van der Waals surface area contributed by atoms with Crippen LogP contribution in [0.1, 0.15) is 30.5 Å². The number of carbonyl (C=O) groups excluding carboxylic acids is 2. The maximum absolute atomic E-state index is 13.6. The number of rotatable bonds is 4. The molecule has 2 aromatic rings. The second-order valence-electron chi connectivity index (χ2n) is 8.64. The summed E-state index contributed by atoms with van der Waals surface area (Å²) in [7, 11) is 0. The lowest BCUT2D eigenvalue weighted by Gasteiger charge is -2.37. The average molecular weight is 434 g/mol. The van der Waals surface area contributed by atoms with Crippen LogP contribution in [0, 0.1) is 6.92 Å². The third-order valence-electron chi connectivity index (χ3n) is 6.00. The lowest BCUT2D eigenvalue weighted by atomic mass is 10.0. The van der Waals surface area contributed by atoms with Gasteiger partial charge in [-0.2, -0.15) is 0 Å². The summed E-state index contributed by atoms with van der Waals surface area (Å²) < 4.78 is 16.7. The van der Waals surface area contributed by atoms with Crippen LogP contribution in [0.4, 0.5) is 0 Å². The van der Waals surface area contributed by atoms with Crippen LogP contribution >= 0.6 is 0 Å². The molecule has 2 atom stereocenters. The molecular weight excluding hydrogens is 408 g/mol. The number of nitrogens with zero attached hydrogens (tertiary/aromatic N) is 2. The fourth-order valence-electron chi connectivity index (χ4n) is 4.56. The number of carbonyl (C=O) groups is 2. The normalized spacial score (nSPS) is 22.8. The molecule has 1 saturated heterocycles. The Labute approximate surface area is 187 Å². The zero-order chi connectivity index (χ0) is 22.4. The molecule has 0 aromatic heterocycles. The van der Waals surface area contributed by atoms with Crippen LogP contribution in [0.25, 0.3) is 5.57 Å². The first-order valence-corrected chi connectivity index (χ1v) is 10.9. The number of fused-ring (bicyclic) bond motifs is 1. The first-order valence-electron chi connectivity index (χ1n) is 10.9. The zero-order valence-corrected chi connectivity index (χ0v) is 18.5. The Morgan fingerprint density at radius 2 is 1.59 bits per heavy atom. The summed E-state index contributed by atoms with van der Waals surface area (Å²) in [6.07, 6.45) is -0.0624. The van der Waals surface area contributed by atoms with Gasteiger partial charge in [0.1, 0.15) is 5.70 Å². The maximum Gasteiger partial charge on any atom is 0.278 e. The van der Waals surface area contributed by atoms with Crippen LogP contribution in [0.5, 0.6) is 11.5 Å². The van der Waals surface area contributed by atoms with Gasteiger partial charge in [-0.1, -0.05) is 35.9 Å². The summed E-state index contributed by atoms with van der Waals surface area (Å²) in [6, 6.07) is 13.2. The fourth-order valence-corrected chi connectivity index (χ4v) is 4.56. The van der Waals surface area contributed by atoms with Crippen molar-refractivity contribution in [1.29, 1.82) is 0 Å². The molecule has 0 bridgehead atoms. The van der Waals surface area contributed by atoms with Crippen LogP contribution in [0.15, 0.2) is 48.2 Å². The number of morpholine rings is 1. The smallest absolute Gasteiger partial charge is 0.278 e. The molecule has 1 fully saturated rings. The predicted molar refractivity (Wildman–Crippen MR) is 118 cm³/mol. The number of hydrogen-bond donors (Lipinski definition) is 0. The molecule has 0 N–H and O–H groups in total. The van der Waals surface area contributed by atoms with Crippen LogP contribution in [-0.4, -0.2) is 53.7 Å². The number of benzene rings is 2. The molecule has 2 unspecified atom stereocenters. The van der Waals surface area contributed by atoms with Gasteiger partial charge in [-0.15, -0.1) is 0 Å². The van der Waals surface area contributed by atoms with E-state index in [4.69, 9.17) is 14.2 Å². The topological polar surface area (TPSA) is 68.3 Å². The highest BCUT2D eigenvalue weighted by Gasteiger charge is 2.43. The maximum atomic E-state index is 13.6. The molecule has 2 amide bonds. The van der Waals surface area contributed by atoms with Gasteiger partial charge in [-0.3, -0.25) is 14.5 Å². The Morgan fingerprint density at radius 1 is 0.906 bits per heavy atom. The Hall–Kier alpha value is -3.32. The largest absolute Gasteiger partial charge is 0.454 e. The number of hydrogen-bond acceptors (Lipinski definition) is 6. The monoisotopic (exact) mass is 434 g/mol. The minimum absolute atomic E-state index is 0.0312. The third kappa shape index (κ3) is 3.62. The lowest BCUT2D eigenvalue weighted by molar-refractivity contribution is -0.139. The van der Waals surface area contributed by atoms with E-state index in [0.717, 1.165) is 16.7 Å². The highest BCUT2D eigenvalue weighted by Crippen LogP contribution is 2.36. The minimum Gasteiger partial charge on any atom is -0.454 e. The fraction of sp³-hybridized carbons (Fsp3) is 0.360. The van der Waals surface area contributed by atoms with Gasteiger partial charge < -0.3 is 19.1 Å². The third-order valence-corrected chi connectivity index (χ3v) is 6.00. The van der Waals surface area contributed by atoms with Gasteiger partial charge in [0.2, 0.25) is 6.79 Å². The standard InChI is InChI=1S/C25H26N2O5/c1-15-4-7-19(8-5-15)22-23(26-11-16(2)32-17(3)12-26)25(29)27(24(22)28)13-18-6-9-20-21(10-18)31-14-30-20/h4-10,16-17H,11-14H2,1-3H3. The summed E-state index contributed by atoms with van der Waals surface area (Å²) in [5, 5.41) is 0. The average Bonchev–Trinajstić information content (AvgIpc) is 3.31. The molecule has 7 heteroatoms. The van der Waals surface area contributed by atoms with Gasteiger partial charge in [0.15, 0.2) is 11.5 Å². The van der Waals surface area contributed by atoms with Crippen molar-refractivity contribution < 1.29 is 23.8 Å². The van der Waals surface area contributed by atoms with E-state index in [1.807, 2.05) is 68.1 Å². The van der Waals surface area contributed by atoms with Gasteiger partial charge >= 0.3 is 0 Å². The quantitative estimate of drug-likeness (QED) is 0.689. The van der Waals surface area contributed by atoms with Crippen molar-refractivity contribution in [2.75, 3.05) is 19.9 Å². The van der Waals surface area contributed by atoms with Crippen LogP contribution in [0.3, 0.4) is 0 Å². The SMILES string of the molecule is Cc1ccc(C2=C(N3CC(C)OC(C)C3)C(=O)N(Cc3ccc4c(c3)OCO4)C2=O)cc1. The minimum atomic E-state index is -0.279. The molecule has 3 aliphatic rings. The second-order valence-corrected chi connectivity index (χ2v) is 8.64. The highest BCUT2D eigenvalue weighted by atomic mass is 16.7. The van der Waals surface area contributed by atoms with E-state index in [1.165, 1.54) is 4.90 Å². The molecule has 2 aromatic carbocycles. The van der Waals surface area contributed by atoms with Crippen LogP contribution in [-0.2, 0) is 20.9 Å². The summed E-state index contributed by atoms with van der Waals surface area (Å²) in [5.74, 6) is 0.746. The molecule has 0 radical (unpaired) electrons. The molecule has 0 aliphatic carbocycles.